The molecule has 0 saturated carbocycles. The summed E-state index contributed by atoms with van der Waals surface area (Å²) in [6.07, 6.45) is -0.798. The summed E-state index contributed by atoms with van der Waals surface area (Å²) in [5.41, 5.74) is 0.997. The highest BCUT2D eigenvalue weighted by molar-refractivity contribution is 6.30. The molecule has 0 heterocycles. The molecule has 0 aliphatic rings. The minimum Gasteiger partial charge on any atom is -0.496 e. The van der Waals surface area contributed by atoms with Gasteiger partial charge >= 0.3 is 0 Å². The van der Waals surface area contributed by atoms with Gasteiger partial charge in [0.25, 0.3) is 5.69 Å². The third-order valence-corrected chi connectivity index (χ3v) is 3.39. The number of aliphatic hydroxyl groups excluding tert-OH is 1. The highest BCUT2D eigenvalue weighted by Gasteiger charge is 2.19. The van der Waals surface area contributed by atoms with Gasteiger partial charge in [0.1, 0.15) is 5.75 Å². The van der Waals surface area contributed by atoms with Gasteiger partial charge in [0.15, 0.2) is 0 Å². The molecule has 0 aliphatic heterocycles. The van der Waals surface area contributed by atoms with Gasteiger partial charge in [-0.05, 0) is 12.1 Å². The lowest BCUT2D eigenvalue weighted by Crippen LogP contribution is -2.06. The van der Waals surface area contributed by atoms with Crippen molar-refractivity contribution in [3.05, 3.63) is 68.7 Å². The van der Waals surface area contributed by atoms with E-state index in [4.69, 9.17) is 16.3 Å². The first-order valence-electron chi connectivity index (χ1n) is 6.26. The molecule has 2 aromatic carbocycles. The Labute approximate surface area is 126 Å². The van der Waals surface area contributed by atoms with Gasteiger partial charge in [-0.15, -0.1) is 0 Å². The number of rotatable bonds is 5. The topological polar surface area (TPSA) is 72.6 Å². The molecule has 0 aromatic heterocycles. The molecule has 0 saturated heterocycles. The lowest BCUT2D eigenvalue weighted by atomic mass is 9.99. The maximum absolute atomic E-state index is 11.0. The van der Waals surface area contributed by atoms with Crippen molar-refractivity contribution in [3.8, 4) is 5.75 Å². The molecule has 21 heavy (non-hydrogen) atoms. The van der Waals surface area contributed by atoms with Gasteiger partial charge < -0.3 is 9.84 Å². The number of halogens is 1. The van der Waals surface area contributed by atoms with Crippen molar-refractivity contribution in [1.29, 1.82) is 0 Å². The van der Waals surface area contributed by atoms with Crippen LogP contribution in [0.15, 0.2) is 42.5 Å². The number of nitrogens with zero attached hydrogens (tertiary/aromatic N) is 1. The molecule has 1 N–H and O–H groups in total. The van der Waals surface area contributed by atoms with Crippen LogP contribution in [0.1, 0.15) is 17.2 Å². The van der Waals surface area contributed by atoms with Gasteiger partial charge in [0, 0.05) is 28.6 Å². The van der Waals surface area contributed by atoms with Crippen LogP contribution in [0.5, 0.6) is 5.75 Å². The fraction of sp³-hybridized carbons (Fsp3) is 0.200. The second-order valence-electron chi connectivity index (χ2n) is 4.49. The van der Waals surface area contributed by atoms with E-state index in [2.05, 4.69) is 0 Å². The largest absolute Gasteiger partial charge is 0.496 e. The first-order valence-corrected chi connectivity index (χ1v) is 6.64. The SMILES string of the molecule is COc1cc(Cl)ccc1C(O)Cc1ccccc1[N+](=O)[O-]. The third kappa shape index (κ3) is 3.51. The fourth-order valence-corrected chi connectivity index (χ4v) is 2.30. The summed E-state index contributed by atoms with van der Waals surface area (Å²) in [4.78, 5) is 10.5. The number of benzene rings is 2. The standard InChI is InChI=1S/C15H14ClNO4/c1-21-15-9-11(16)6-7-12(15)14(18)8-10-4-2-3-5-13(10)17(19)20/h2-7,9,14,18H,8H2,1H3. The van der Waals surface area contributed by atoms with Crippen molar-refractivity contribution in [1.82, 2.24) is 0 Å². The van der Waals surface area contributed by atoms with Crippen LogP contribution in [0.3, 0.4) is 0 Å². The normalized spacial score (nSPS) is 12.0. The van der Waals surface area contributed by atoms with Gasteiger partial charge in [-0.1, -0.05) is 35.9 Å². The van der Waals surface area contributed by atoms with E-state index < -0.39 is 11.0 Å². The molecule has 0 radical (unpaired) electrons. The molecule has 1 atom stereocenters. The maximum atomic E-state index is 11.0. The number of nitro benzene ring substituents is 1. The van der Waals surface area contributed by atoms with Crippen molar-refractivity contribution < 1.29 is 14.8 Å². The molecule has 0 aliphatic carbocycles. The van der Waals surface area contributed by atoms with E-state index >= 15 is 0 Å². The molecule has 0 bridgehead atoms. The van der Waals surface area contributed by atoms with Crippen molar-refractivity contribution >= 4 is 17.3 Å². The number of hydrogen-bond acceptors (Lipinski definition) is 4. The summed E-state index contributed by atoms with van der Waals surface area (Å²) in [6, 6.07) is 11.2. The van der Waals surface area contributed by atoms with Crippen LogP contribution >= 0.6 is 11.6 Å². The molecule has 2 rings (SSSR count). The Morgan fingerprint density at radius 2 is 2.05 bits per heavy atom. The minimum absolute atomic E-state index is 0.00974. The maximum Gasteiger partial charge on any atom is 0.272 e. The lowest BCUT2D eigenvalue weighted by molar-refractivity contribution is -0.385. The Morgan fingerprint density at radius 1 is 1.33 bits per heavy atom. The fourth-order valence-electron chi connectivity index (χ4n) is 2.14. The number of ether oxygens (including phenoxy) is 1. The van der Waals surface area contributed by atoms with Crippen LogP contribution in [-0.4, -0.2) is 17.1 Å². The molecule has 0 spiro atoms. The first-order chi connectivity index (χ1) is 10.0. The van der Waals surface area contributed by atoms with E-state index in [1.807, 2.05) is 0 Å². The highest BCUT2D eigenvalue weighted by Crippen LogP contribution is 2.32. The zero-order chi connectivity index (χ0) is 15.4. The summed E-state index contributed by atoms with van der Waals surface area (Å²) < 4.78 is 5.18. The second-order valence-corrected chi connectivity index (χ2v) is 4.93. The van der Waals surface area contributed by atoms with E-state index in [-0.39, 0.29) is 12.1 Å². The van der Waals surface area contributed by atoms with Crippen molar-refractivity contribution in [3.63, 3.8) is 0 Å². The van der Waals surface area contributed by atoms with Crippen LogP contribution < -0.4 is 4.74 Å². The zero-order valence-electron chi connectivity index (χ0n) is 11.3. The van der Waals surface area contributed by atoms with E-state index in [1.54, 1.807) is 36.4 Å². The Balaban J connectivity index is 2.30. The second kappa shape index (κ2) is 6.56. The van der Waals surface area contributed by atoms with Crippen molar-refractivity contribution in [2.75, 3.05) is 7.11 Å². The third-order valence-electron chi connectivity index (χ3n) is 3.16. The van der Waals surface area contributed by atoms with Gasteiger partial charge in [0.2, 0.25) is 0 Å². The van der Waals surface area contributed by atoms with Crippen molar-refractivity contribution in [2.45, 2.75) is 12.5 Å². The minimum atomic E-state index is -0.918. The van der Waals surface area contributed by atoms with E-state index in [0.29, 0.717) is 21.9 Å². The van der Waals surface area contributed by atoms with Crippen LogP contribution in [0.25, 0.3) is 0 Å². The van der Waals surface area contributed by atoms with Crippen LogP contribution in [0.2, 0.25) is 5.02 Å². The molecule has 0 amide bonds. The summed E-state index contributed by atoms with van der Waals surface area (Å²) in [7, 11) is 1.48. The smallest absolute Gasteiger partial charge is 0.272 e. The van der Waals surface area contributed by atoms with E-state index in [0.717, 1.165) is 0 Å². The molecule has 2 aromatic rings. The molecule has 6 heteroatoms. The van der Waals surface area contributed by atoms with Crippen molar-refractivity contribution in [2.24, 2.45) is 0 Å². The number of nitro groups is 1. The Hall–Kier alpha value is -2.11. The number of hydrogen-bond donors (Lipinski definition) is 1. The molecule has 5 nitrogen and oxygen atoms in total. The van der Waals surface area contributed by atoms with Crippen LogP contribution in [0, 0.1) is 10.1 Å². The number of para-hydroxylation sites is 1. The monoisotopic (exact) mass is 307 g/mol. The van der Waals surface area contributed by atoms with Gasteiger partial charge in [-0.25, -0.2) is 0 Å². The van der Waals surface area contributed by atoms with E-state index in [9.17, 15) is 15.2 Å². The summed E-state index contributed by atoms with van der Waals surface area (Å²) >= 11 is 5.88. The van der Waals surface area contributed by atoms with Gasteiger partial charge in [-0.2, -0.15) is 0 Å². The van der Waals surface area contributed by atoms with Crippen LogP contribution in [-0.2, 0) is 6.42 Å². The van der Waals surface area contributed by atoms with Gasteiger partial charge in [0.05, 0.1) is 18.1 Å². The van der Waals surface area contributed by atoms with Crippen LogP contribution in [0.4, 0.5) is 5.69 Å². The van der Waals surface area contributed by atoms with E-state index in [1.165, 1.54) is 13.2 Å². The lowest BCUT2D eigenvalue weighted by Gasteiger charge is -2.15. The van der Waals surface area contributed by atoms with Gasteiger partial charge in [-0.3, -0.25) is 10.1 Å². The summed E-state index contributed by atoms with van der Waals surface area (Å²) in [6.45, 7) is 0. The number of methoxy groups -OCH3 is 1. The summed E-state index contributed by atoms with van der Waals surface area (Å²) in [5.74, 6) is 0.452. The zero-order valence-corrected chi connectivity index (χ0v) is 12.1. The Kier molecular flexibility index (Phi) is 4.77. The Morgan fingerprint density at radius 3 is 2.71 bits per heavy atom. The molecular formula is C15H14ClNO4. The quantitative estimate of drug-likeness (QED) is 0.677. The molecule has 0 fully saturated rings. The molecule has 110 valence electrons. The average Bonchev–Trinajstić information content (AvgIpc) is 2.47. The average molecular weight is 308 g/mol. The predicted molar refractivity (Wildman–Crippen MR) is 79.8 cm³/mol. The molecular weight excluding hydrogens is 294 g/mol. The highest BCUT2D eigenvalue weighted by atomic mass is 35.5. The predicted octanol–water partition coefficient (Wildman–Crippen LogP) is 3.53. The molecule has 1 unspecified atom stereocenters. The summed E-state index contributed by atoms with van der Waals surface area (Å²) in [5, 5.41) is 21.8. The Bertz CT molecular complexity index is 660. The first kappa shape index (κ1) is 15.3. The number of aliphatic hydroxyl groups is 1.